The van der Waals surface area contributed by atoms with Gasteiger partial charge in [-0.25, -0.2) is 0 Å². The van der Waals surface area contributed by atoms with E-state index < -0.39 is 0 Å². The molecule has 0 bridgehead atoms. The van der Waals surface area contributed by atoms with Crippen molar-refractivity contribution in [3.05, 3.63) is 0 Å². The highest BCUT2D eigenvalue weighted by Gasteiger charge is 2.49. The van der Waals surface area contributed by atoms with Gasteiger partial charge < -0.3 is 5.32 Å². The van der Waals surface area contributed by atoms with Crippen molar-refractivity contribution in [2.24, 2.45) is 5.41 Å². The van der Waals surface area contributed by atoms with E-state index in [1.807, 2.05) is 0 Å². The fraction of sp³-hybridized carbons (Fsp3) is 0.875. The number of carbonyl (C=O) groups is 1. The van der Waals surface area contributed by atoms with Crippen LogP contribution >= 0.6 is 0 Å². The molecule has 1 heterocycles. The SMILES string of the molecule is CC(=O)[C@@H]1CC2(CC2)CN1. The molecular formula is C8H13NO. The van der Waals surface area contributed by atoms with Gasteiger partial charge in [-0.1, -0.05) is 0 Å². The van der Waals surface area contributed by atoms with Crippen LogP contribution in [0.2, 0.25) is 0 Å². The second kappa shape index (κ2) is 1.82. The standard InChI is InChI=1S/C8H13NO/c1-6(10)7-4-8(2-3-8)5-9-7/h7,9H,2-5H2,1H3/t7-/m0/s1. The lowest BCUT2D eigenvalue weighted by Gasteiger charge is -2.03. The van der Waals surface area contributed by atoms with E-state index in [0.29, 0.717) is 11.2 Å². The lowest BCUT2D eigenvalue weighted by atomic mass is 10.0. The lowest BCUT2D eigenvalue weighted by Crippen LogP contribution is -2.28. The van der Waals surface area contributed by atoms with Crippen molar-refractivity contribution < 1.29 is 4.79 Å². The number of hydrogen-bond acceptors (Lipinski definition) is 2. The van der Waals surface area contributed by atoms with Crippen molar-refractivity contribution in [3.63, 3.8) is 0 Å². The van der Waals surface area contributed by atoms with Gasteiger partial charge in [0.2, 0.25) is 0 Å². The molecule has 0 aromatic heterocycles. The molecule has 2 aliphatic rings. The summed E-state index contributed by atoms with van der Waals surface area (Å²) in [5.74, 6) is 0.309. The van der Waals surface area contributed by atoms with Crippen LogP contribution in [0.25, 0.3) is 0 Å². The zero-order valence-corrected chi connectivity index (χ0v) is 6.31. The lowest BCUT2D eigenvalue weighted by molar-refractivity contribution is -0.118. The maximum atomic E-state index is 10.9. The van der Waals surface area contributed by atoms with Gasteiger partial charge in [-0.2, -0.15) is 0 Å². The van der Waals surface area contributed by atoms with Gasteiger partial charge in [0.15, 0.2) is 0 Å². The Bertz CT molecular complexity index is 172. The Balaban J connectivity index is 1.99. The molecule has 2 fully saturated rings. The minimum atomic E-state index is 0.183. The molecule has 1 aliphatic carbocycles. The molecule has 0 unspecified atom stereocenters. The van der Waals surface area contributed by atoms with Crippen LogP contribution in [0.4, 0.5) is 0 Å². The van der Waals surface area contributed by atoms with Crippen molar-refractivity contribution in [3.8, 4) is 0 Å². The summed E-state index contributed by atoms with van der Waals surface area (Å²) in [6.07, 6.45) is 3.77. The van der Waals surface area contributed by atoms with Gasteiger partial charge in [0, 0.05) is 6.54 Å². The van der Waals surface area contributed by atoms with Crippen LogP contribution in [0.15, 0.2) is 0 Å². The number of rotatable bonds is 1. The fourth-order valence-corrected chi connectivity index (χ4v) is 1.76. The normalized spacial score (nSPS) is 34.7. The van der Waals surface area contributed by atoms with Crippen LogP contribution in [0.3, 0.4) is 0 Å². The summed E-state index contributed by atoms with van der Waals surface area (Å²) < 4.78 is 0. The van der Waals surface area contributed by atoms with E-state index in [2.05, 4.69) is 5.32 Å². The van der Waals surface area contributed by atoms with Crippen LogP contribution < -0.4 is 5.32 Å². The molecule has 1 saturated carbocycles. The Morgan fingerprint density at radius 2 is 2.30 bits per heavy atom. The Hall–Kier alpha value is -0.370. The predicted molar refractivity (Wildman–Crippen MR) is 38.8 cm³/mol. The van der Waals surface area contributed by atoms with E-state index in [4.69, 9.17) is 0 Å². The monoisotopic (exact) mass is 139 g/mol. The second-order valence-corrected chi connectivity index (χ2v) is 3.75. The summed E-state index contributed by atoms with van der Waals surface area (Å²) in [6.45, 7) is 2.76. The zero-order chi connectivity index (χ0) is 7.19. The number of Topliss-reactive ketones (excluding diaryl/α,β-unsaturated/α-hetero) is 1. The number of nitrogens with one attached hydrogen (secondary N) is 1. The summed E-state index contributed by atoms with van der Waals surface area (Å²) in [4.78, 5) is 10.9. The quantitative estimate of drug-likeness (QED) is 0.580. The van der Waals surface area contributed by atoms with Gasteiger partial charge in [0.1, 0.15) is 5.78 Å². The number of ketones is 1. The van der Waals surface area contributed by atoms with E-state index in [9.17, 15) is 4.79 Å². The smallest absolute Gasteiger partial charge is 0.146 e. The molecule has 0 aromatic carbocycles. The molecule has 1 atom stereocenters. The van der Waals surface area contributed by atoms with Crippen LogP contribution in [-0.4, -0.2) is 18.4 Å². The Labute approximate surface area is 61.0 Å². The van der Waals surface area contributed by atoms with Crippen LogP contribution in [0, 0.1) is 5.41 Å². The molecule has 2 rings (SSSR count). The van der Waals surface area contributed by atoms with Crippen LogP contribution in [-0.2, 0) is 4.79 Å². The van der Waals surface area contributed by atoms with Crippen molar-refractivity contribution in [2.45, 2.75) is 32.2 Å². The van der Waals surface area contributed by atoms with E-state index >= 15 is 0 Å². The van der Waals surface area contributed by atoms with E-state index in [0.717, 1.165) is 13.0 Å². The maximum absolute atomic E-state index is 10.9. The highest BCUT2D eigenvalue weighted by Crippen LogP contribution is 2.51. The summed E-state index contributed by atoms with van der Waals surface area (Å²) in [5, 5.41) is 3.26. The third-order valence-electron chi connectivity index (χ3n) is 2.81. The first-order valence-electron chi connectivity index (χ1n) is 3.96. The van der Waals surface area contributed by atoms with Crippen molar-refractivity contribution >= 4 is 5.78 Å². The largest absolute Gasteiger partial charge is 0.307 e. The molecule has 0 radical (unpaired) electrons. The van der Waals surface area contributed by atoms with Crippen molar-refractivity contribution in [1.82, 2.24) is 5.32 Å². The van der Waals surface area contributed by atoms with Crippen molar-refractivity contribution in [2.75, 3.05) is 6.54 Å². The van der Waals surface area contributed by atoms with Gasteiger partial charge in [-0.3, -0.25) is 4.79 Å². The predicted octanol–water partition coefficient (Wildman–Crippen LogP) is 0.718. The first-order chi connectivity index (χ1) is 4.72. The van der Waals surface area contributed by atoms with Gasteiger partial charge in [0.25, 0.3) is 0 Å². The molecule has 2 heteroatoms. The Morgan fingerprint density at radius 1 is 1.60 bits per heavy atom. The minimum Gasteiger partial charge on any atom is -0.307 e. The highest BCUT2D eigenvalue weighted by molar-refractivity contribution is 5.81. The Kier molecular flexibility index (Phi) is 1.15. The highest BCUT2D eigenvalue weighted by atomic mass is 16.1. The van der Waals surface area contributed by atoms with Gasteiger partial charge in [-0.15, -0.1) is 0 Å². The topological polar surface area (TPSA) is 29.1 Å². The zero-order valence-electron chi connectivity index (χ0n) is 6.31. The maximum Gasteiger partial charge on any atom is 0.146 e. The molecule has 2 nitrogen and oxygen atoms in total. The molecule has 10 heavy (non-hydrogen) atoms. The summed E-state index contributed by atoms with van der Waals surface area (Å²) in [7, 11) is 0. The van der Waals surface area contributed by atoms with Gasteiger partial charge >= 0.3 is 0 Å². The Morgan fingerprint density at radius 3 is 2.60 bits per heavy atom. The van der Waals surface area contributed by atoms with Crippen LogP contribution in [0.5, 0.6) is 0 Å². The minimum absolute atomic E-state index is 0.183. The first kappa shape index (κ1) is 6.35. The molecule has 1 aliphatic heterocycles. The third kappa shape index (κ3) is 0.870. The third-order valence-corrected chi connectivity index (χ3v) is 2.81. The first-order valence-corrected chi connectivity index (χ1v) is 3.96. The number of hydrogen-bond donors (Lipinski definition) is 1. The average molecular weight is 139 g/mol. The van der Waals surface area contributed by atoms with E-state index in [1.54, 1.807) is 6.92 Å². The van der Waals surface area contributed by atoms with Gasteiger partial charge in [-0.05, 0) is 31.6 Å². The second-order valence-electron chi connectivity index (χ2n) is 3.75. The average Bonchev–Trinajstić information content (AvgIpc) is 2.41. The molecule has 56 valence electrons. The summed E-state index contributed by atoms with van der Waals surface area (Å²) in [6, 6.07) is 0.183. The molecule has 0 aromatic rings. The fourth-order valence-electron chi connectivity index (χ4n) is 1.76. The molecule has 1 spiro atoms. The van der Waals surface area contributed by atoms with E-state index in [-0.39, 0.29) is 6.04 Å². The summed E-state index contributed by atoms with van der Waals surface area (Å²) in [5.41, 5.74) is 0.566. The molecule has 1 saturated heterocycles. The number of carbonyl (C=O) groups excluding carboxylic acids is 1. The van der Waals surface area contributed by atoms with Gasteiger partial charge in [0.05, 0.1) is 6.04 Å². The summed E-state index contributed by atoms with van der Waals surface area (Å²) >= 11 is 0. The van der Waals surface area contributed by atoms with Crippen LogP contribution in [0.1, 0.15) is 26.2 Å². The molecule has 1 N–H and O–H groups in total. The molecular weight excluding hydrogens is 126 g/mol. The van der Waals surface area contributed by atoms with Crippen molar-refractivity contribution in [1.29, 1.82) is 0 Å². The molecule has 0 amide bonds. The van der Waals surface area contributed by atoms with E-state index in [1.165, 1.54) is 12.8 Å².